The molecule has 0 amide bonds. The third-order valence-corrected chi connectivity index (χ3v) is 5.56. The number of nitrogens with zero attached hydrogens (tertiary/aromatic N) is 4. The Morgan fingerprint density at radius 1 is 0.935 bits per heavy atom. The fraction of sp³-hybridized carbons (Fsp3) is 0.273. The third kappa shape index (κ3) is 3.54. The first-order valence-electron chi connectivity index (χ1n) is 10.1. The molecular formula is C22H20F3N5O. The van der Waals surface area contributed by atoms with E-state index in [1.807, 2.05) is 24.3 Å². The number of para-hydroxylation sites is 3. The van der Waals surface area contributed by atoms with Gasteiger partial charge in [-0.3, -0.25) is 9.36 Å². The van der Waals surface area contributed by atoms with Crippen LogP contribution in [0.1, 0.15) is 0 Å². The molecule has 160 valence electrons. The Balaban J connectivity index is 1.73. The largest absolute Gasteiger partial charge is 0.406 e. The summed E-state index contributed by atoms with van der Waals surface area (Å²) in [6.07, 6.45) is -2.97. The number of nitrogens with one attached hydrogen (secondary N) is 1. The second-order valence-corrected chi connectivity index (χ2v) is 7.59. The lowest BCUT2D eigenvalue weighted by Crippen LogP contribution is -2.43. The third-order valence-electron chi connectivity index (χ3n) is 5.56. The Hall–Kier alpha value is -3.33. The molecule has 0 spiro atoms. The Kier molecular flexibility index (Phi) is 4.70. The van der Waals surface area contributed by atoms with Gasteiger partial charge in [0.15, 0.2) is 0 Å². The van der Waals surface area contributed by atoms with Crippen molar-refractivity contribution in [2.45, 2.75) is 12.7 Å². The molecule has 1 saturated heterocycles. The van der Waals surface area contributed by atoms with Crippen molar-refractivity contribution in [3.05, 3.63) is 65.1 Å². The van der Waals surface area contributed by atoms with Crippen molar-refractivity contribution in [2.75, 3.05) is 31.1 Å². The van der Waals surface area contributed by atoms with Crippen LogP contribution in [0.25, 0.3) is 27.5 Å². The number of halogens is 3. The minimum Gasteiger partial charge on any atom is -0.367 e. The summed E-state index contributed by atoms with van der Waals surface area (Å²) in [4.78, 5) is 15.3. The van der Waals surface area contributed by atoms with Gasteiger partial charge in [0, 0.05) is 37.8 Å². The second kappa shape index (κ2) is 7.42. The Morgan fingerprint density at radius 3 is 2.35 bits per heavy atom. The molecule has 1 N–H and O–H groups in total. The van der Waals surface area contributed by atoms with Crippen molar-refractivity contribution in [2.24, 2.45) is 0 Å². The SMILES string of the molecule is O=c1c2cn(-c3ccccc3N3CCNCC3)nc2c2ccccc2n1CC(F)(F)F. The van der Waals surface area contributed by atoms with E-state index < -0.39 is 18.3 Å². The fourth-order valence-corrected chi connectivity index (χ4v) is 4.18. The maximum absolute atomic E-state index is 13.2. The fourth-order valence-electron chi connectivity index (χ4n) is 4.18. The molecule has 6 nitrogen and oxygen atoms in total. The van der Waals surface area contributed by atoms with Gasteiger partial charge in [0.25, 0.3) is 5.56 Å². The van der Waals surface area contributed by atoms with Crippen LogP contribution in [-0.4, -0.2) is 46.7 Å². The highest BCUT2D eigenvalue weighted by Crippen LogP contribution is 2.28. The Labute approximate surface area is 175 Å². The summed E-state index contributed by atoms with van der Waals surface area (Å²) in [7, 11) is 0. The summed E-state index contributed by atoms with van der Waals surface area (Å²) >= 11 is 0. The first-order valence-corrected chi connectivity index (χ1v) is 10.1. The van der Waals surface area contributed by atoms with Gasteiger partial charge in [-0.2, -0.15) is 18.3 Å². The number of benzene rings is 2. The topological polar surface area (TPSA) is 55.1 Å². The maximum atomic E-state index is 13.2. The molecule has 0 atom stereocenters. The number of aromatic nitrogens is 3. The van der Waals surface area contributed by atoms with Crippen LogP contribution in [0.2, 0.25) is 0 Å². The van der Waals surface area contributed by atoms with E-state index in [1.54, 1.807) is 22.9 Å². The molecule has 31 heavy (non-hydrogen) atoms. The second-order valence-electron chi connectivity index (χ2n) is 7.59. The first kappa shape index (κ1) is 19.6. The number of anilines is 1. The molecule has 5 rings (SSSR count). The van der Waals surface area contributed by atoms with E-state index in [1.165, 1.54) is 12.3 Å². The Morgan fingerprint density at radius 2 is 1.61 bits per heavy atom. The summed E-state index contributed by atoms with van der Waals surface area (Å²) in [5, 5.41) is 8.64. The standard InChI is InChI=1S/C22H20F3N5O/c23-22(24,25)14-29-17-6-2-1-5-15(17)20-16(21(29)31)13-30(27-20)19-8-4-3-7-18(19)28-11-9-26-10-12-28/h1-8,13,26H,9-12,14H2. The number of hydrogen-bond acceptors (Lipinski definition) is 4. The molecule has 2 aromatic carbocycles. The number of hydrogen-bond donors (Lipinski definition) is 1. The smallest absolute Gasteiger partial charge is 0.367 e. The van der Waals surface area contributed by atoms with Crippen LogP contribution in [0, 0.1) is 0 Å². The van der Waals surface area contributed by atoms with Gasteiger partial charge in [-0.05, 0) is 18.2 Å². The van der Waals surface area contributed by atoms with Crippen LogP contribution in [0.3, 0.4) is 0 Å². The van der Waals surface area contributed by atoms with E-state index in [4.69, 9.17) is 0 Å². The molecule has 0 bridgehead atoms. The summed E-state index contributed by atoms with van der Waals surface area (Å²) in [6.45, 7) is 2.05. The average Bonchev–Trinajstić information content (AvgIpc) is 3.22. The molecule has 0 saturated carbocycles. The van der Waals surface area contributed by atoms with Crippen LogP contribution in [0.15, 0.2) is 59.5 Å². The summed E-state index contributed by atoms with van der Waals surface area (Å²) in [5.74, 6) is 0. The van der Waals surface area contributed by atoms with Gasteiger partial charge in [-0.15, -0.1) is 0 Å². The Bertz CT molecular complexity index is 1320. The van der Waals surface area contributed by atoms with Crippen molar-refractivity contribution < 1.29 is 13.2 Å². The number of piperazine rings is 1. The summed E-state index contributed by atoms with van der Waals surface area (Å²) in [6, 6.07) is 14.3. The molecule has 1 aliphatic rings. The maximum Gasteiger partial charge on any atom is 0.406 e. The normalized spacial score (nSPS) is 15.1. The first-order chi connectivity index (χ1) is 14.9. The predicted molar refractivity (Wildman–Crippen MR) is 114 cm³/mol. The van der Waals surface area contributed by atoms with Crippen molar-refractivity contribution >= 4 is 27.5 Å². The monoisotopic (exact) mass is 427 g/mol. The quantitative estimate of drug-likeness (QED) is 0.545. The average molecular weight is 427 g/mol. The van der Waals surface area contributed by atoms with Crippen LogP contribution in [0.5, 0.6) is 0 Å². The van der Waals surface area contributed by atoms with Gasteiger partial charge in [0.2, 0.25) is 0 Å². The minimum absolute atomic E-state index is 0.165. The van der Waals surface area contributed by atoms with Gasteiger partial charge in [0.1, 0.15) is 12.1 Å². The lowest BCUT2D eigenvalue weighted by atomic mass is 10.1. The van der Waals surface area contributed by atoms with E-state index in [0.29, 0.717) is 10.9 Å². The highest BCUT2D eigenvalue weighted by molar-refractivity contribution is 6.03. The highest BCUT2D eigenvalue weighted by Gasteiger charge is 2.30. The van der Waals surface area contributed by atoms with Crippen LogP contribution in [0.4, 0.5) is 18.9 Å². The molecule has 4 aromatic rings. The summed E-state index contributed by atoms with van der Waals surface area (Å²) < 4.78 is 41.9. The predicted octanol–water partition coefficient (Wildman–Crippen LogP) is 3.31. The molecule has 9 heteroatoms. The van der Waals surface area contributed by atoms with Crippen molar-refractivity contribution in [3.63, 3.8) is 0 Å². The van der Waals surface area contributed by atoms with E-state index in [9.17, 15) is 18.0 Å². The molecule has 1 fully saturated rings. The van der Waals surface area contributed by atoms with Crippen molar-refractivity contribution in [1.29, 1.82) is 0 Å². The summed E-state index contributed by atoms with van der Waals surface area (Å²) in [5.41, 5.74) is 1.67. The van der Waals surface area contributed by atoms with Gasteiger partial charge >= 0.3 is 6.18 Å². The zero-order valence-corrected chi connectivity index (χ0v) is 16.6. The van der Waals surface area contributed by atoms with Crippen molar-refractivity contribution in [3.8, 4) is 5.69 Å². The number of fused-ring (bicyclic) bond motifs is 3. The molecular weight excluding hydrogens is 407 g/mol. The van der Waals surface area contributed by atoms with E-state index in [0.717, 1.165) is 42.1 Å². The lowest BCUT2D eigenvalue weighted by Gasteiger charge is -2.30. The van der Waals surface area contributed by atoms with E-state index in [-0.39, 0.29) is 10.9 Å². The van der Waals surface area contributed by atoms with Gasteiger partial charge in [-0.1, -0.05) is 30.3 Å². The molecule has 0 radical (unpaired) electrons. The number of rotatable bonds is 3. The van der Waals surface area contributed by atoms with Gasteiger partial charge in [-0.25, -0.2) is 4.68 Å². The van der Waals surface area contributed by atoms with E-state index >= 15 is 0 Å². The molecule has 1 aliphatic heterocycles. The van der Waals surface area contributed by atoms with Crippen LogP contribution < -0.4 is 15.8 Å². The zero-order valence-electron chi connectivity index (χ0n) is 16.6. The van der Waals surface area contributed by atoms with Gasteiger partial charge in [0.05, 0.1) is 22.3 Å². The highest BCUT2D eigenvalue weighted by atomic mass is 19.4. The molecule has 0 unspecified atom stereocenters. The lowest BCUT2D eigenvalue weighted by molar-refractivity contribution is -0.140. The minimum atomic E-state index is -4.51. The number of pyridine rings is 1. The van der Waals surface area contributed by atoms with Gasteiger partial charge < -0.3 is 10.2 Å². The van der Waals surface area contributed by atoms with Crippen LogP contribution in [-0.2, 0) is 6.54 Å². The molecule has 3 heterocycles. The van der Waals surface area contributed by atoms with E-state index in [2.05, 4.69) is 15.3 Å². The van der Waals surface area contributed by atoms with Crippen LogP contribution >= 0.6 is 0 Å². The number of alkyl halides is 3. The van der Waals surface area contributed by atoms with Crippen molar-refractivity contribution in [1.82, 2.24) is 19.7 Å². The molecule has 0 aliphatic carbocycles. The molecule has 2 aromatic heterocycles. The zero-order chi connectivity index (χ0) is 21.6.